The van der Waals surface area contributed by atoms with Crippen LogP contribution in [0.25, 0.3) is 32.1 Å². The first kappa shape index (κ1) is 16.8. The van der Waals surface area contributed by atoms with Crippen LogP contribution in [0.15, 0.2) is 40.5 Å². The van der Waals surface area contributed by atoms with Gasteiger partial charge in [0.25, 0.3) is 5.56 Å². The van der Waals surface area contributed by atoms with Crippen molar-refractivity contribution in [1.82, 2.24) is 9.97 Å². The van der Waals surface area contributed by atoms with Crippen LogP contribution in [0.5, 0.6) is 0 Å². The first-order valence-electron chi connectivity index (χ1n) is 8.51. The Balaban J connectivity index is 2.06. The van der Waals surface area contributed by atoms with Crippen molar-refractivity contribution in [2.24, 2.45) is 5.73 Å². The third kappa shape index (κ3) is 2.50. The van der Waals surface area contributed by atoms with E-state index in [4.69, 9.17) is 11.5 Å². The lowest BCUT2D eigenvalue weighted by molar-refractivity contribution is 0.774. The van der Waals surface area contributed by atoms with Gasteiger partial charge in [0.15, 0.2) is 0 Å². The van der Waals surface area contributed by atoms with Crippen LogP contribution in [0.3, 0.4) is 0 Å². The van der Waals surface area contributed by atoms with Gasteiger partial charge in [-0.2, -0.15) is 0 Å². The average Bonchev–Trinajstić information content (AvgIpc) is 3.13. The first-order chi connectivity index (χ1) is 12.5. The highest BCUT2D eigenvalue weighted by Crippen LogP contribution is 2.38. The first-order valence-corrected chi connectivity index (χ1v) is 9.39. The number of aromatic amines is 1. The van der Waals surface area contributed by atoms with Gasteiger partial charge >= 0.3 is 0 Å². The van der Waals surface area contributed by atoms with Crippen LogP contribution in [-0.2, 0) is 0 Å². The lowest BCUT2D eigenvalue weighted by Crippen LogP contribution is -2.09. The van der Waals surface area contributed by atoms with Crippen molar-refractivity contribution in [2.45, 2.75) is 19.8 Å². The number of fused-ring (bicyclic) bond motifs is 3. The molecule has 1 aromatic carbocycles. The zero-order valence-corrected chi connectivity index (χ0v) is 15.5. The van der Waals surface area contributed by atoms with E-state index in [1.54, 1.807) is 0 Å². The summed E-state index contributed by atoms with van der Waals surface area (Å²) in [5.74, 6) is 0.767. The van der Waals surface area contributed by atoms with Crippen LogP contribution in [0, 0.1) is 6.92 Å². The number of hydrogen-bond acceptors (Lipinski definition) is 5. The van der Waals surface area contributed by atoms with Crippen LogP contribution in [-0.4, -0.2) is 16.5 Å². The van der Waals surface area contributed by atoms with E-state index in [0.29, 0.717) is 23.0 Å². The van der Waals surface area contributed by atoms with Crippen molar-refractivity contribution in [3.8, 4) is 11.1 Å². The number of pyridine rings is 2. The second kappa shape index (κ2) is 6.23. The number of anilines is 1. The number of nitrogens with two attached hydrogens (primary N) is 2. The molecule has 4 rings (SSSR count). The summed E-state index contributed by atoms with van der Waals surface area (Å²) in [6.07, 6.45) is 0. The Kier molecular flexibility index (Phi) is 4.01. The van der Waals surface area contributed by atoms with E-state index in [9.17, 15) is 4.79 Å². The van der Waals surface area contributed by atoms with E-state index in [2.05, 4.69) is 29.0 Å². The zero-order valence-electron chi connectivity index (χ0n) is 14.7. The monoisotopic (exact) mass is 364 g/mol. The van der Waals surface area contributed by atoms with Crippen molar-refractivity contribution in [3.05, 3.63) is 57.3 Å². The Morgan fingerprint density at radius 2 is 1.96 bits per heavy atom. The van der Waals surface area contributed by atoms with Gasteiger partial charge in [-0.25, -0.2) is 4.98 Å². The largest absolute Gasteiger partial charge is 0.383 e. The molecular weight excluding hydrogens is 344 g/mol. The number of hydrogen-bond donors (Lipinski definition) is 3. The fourth-order valence-corrected chi connectivity index (χ4v) is 4.20. The second-order valence-electron chi connectivity index (χ2n) is 6.58. The molecule has 0 fully saturated rings. The number of nitrogens with zero attached hydrogens (tertiary/aromatic N) is 1. The Hall–Kier alpha value is -2.70. The number of benzene rings is 1. The number of aromatic nitrogens is 2. The molecule has 5 N–H and O–H groups in total. The van der Waals surface area contributed by atoms with Gasteiger partial charge in [0, 0.05) is 16.3 Å². The molecule has 3 aromatic heterocycles. The lowest BCUT2D eigenvalue weighted by atomic mass is 9.95. The topological polar surface area (TPSA) is 97.8 Å². The van der Waals surface area contributed by atoms with Crippen molar-refractivity contribution in [2.75, 3.05) is 12.3 Å². The molecule has 3 heterocycles. The molecule has 0 aliphatic heterocycles. The minimum absolute atomic E-state index is 0.0877. The molecule has 26 heavy (non-hydrogen) atoms. The van der Waals surface area contributed by atoms with Gasteiger partial charge in [-0.15, -0.1) is 11.3 Å². The maximum Gasteiger partial charge on any atom is 0.266 e. The predicted molar refractivity (Wildman–Crippen MR) is 110 cm³/mol. The highest BCUT2D eigenvalue weighted by atomic mass is 32.1. The summed E-state index contributed by atoms with van der Waals surface area (Å²) in [5, 5.41) is 3.80. The molecule has 0 saturated heterocycles. The van der Waals surface area contributed by atoms with Gasteiger partial charge in [0.2, 0.25) is 0 Å². The molecule has 0 saturated carbocycles. The zero-order chi connectivity index (χ0) is 18.4. The van der Waals surface area contributed by atoms with E-state index in [1.165, 1.54) is 16.9 Å². The molecule has 1 atom stereocenters. The number of nitrogens with one attached hydrogen (secondary N) is 1. The Labute approximate surface area is 154 Å². The smallest absolute Gasteiger partial charge is 0.266 e. The van der Waals surface area contributed by atoms with Crippen molar-refractivity contribution in [1.29, 1.82) is 0 Å². The summed E-state index contributed by atoms with van der Waals surface area (Å²) in [4.78, 5) is 19.8. The summed E-state index contributed by atoms with van der Waals surface area (Å²) in [7, 11) is 0. The molecular formula is C20H20N4OS. The van der Waals surface area contributed by atoms with Gasteiger partial charge in [-0.3, -0.25) is 4.79 Å². The molecule has 6 heteroatoms. The van der Waals surface area contributed by atoms with Gasteiger partial charge < -0.3 is 16.5 Å². The van der Waals surface area contributed by atoms with E-state index in [1.807, 2.05) is 30.5 Å². The third-order valence-corrected chi connectivity index (χ3v) is 5.82. The number of thiophene rings is 1. The number of rotatable bonds is 3. The quantitative estimate of drug-likeness (QED) is 0.515. The Morgan fingerprint density at radius 1 is 1.23 bits per heavy atom. The number of nitrogen functional groups attached to an aromatic ring is 1. The Bertz CT molecular complexity index is 1170. The minimum Gasteiger partial charge on any atom is -0.383 e. The maximum atomic E-state index is 12.4. The summed E-state index contributed by atoms with van der Waals surface area (Å²) in [6.45, 7) is 4.57. The van der Waals surface area contributed by atoms with Gasteiger partial charge in [-0.05, 0) is 42.0 Å². The molecule has 0 aliphatic carbocycles. The molecule has 0 spiro atoms. The molecule has 4 aromatic rings. The van der Waals surface area contributed by atoms with Crippen LogP contribution in [0.2, 0.25) is 0 Å². The molecule has 0 bridgehead atoms. The molecule has 0 radical (unpaired) electrons. The maximum absolute atomic E-state index is 12.4. The molecule has 0 unspecified atom stereocenters. The summed E-state index contributed by atoms with van der Waals surface area (Å²) < 4.78 is 0.706. The van der Waals surface area contributed by atoms with E-state index >= 15 is 0 Å². The van der Waals surface area contributed by atoms with Gasteiger partial charge in [0.1, 0.15) is 10.5 Å². The third-order valence-electron chi connectivity index (χ3n) is 4.91. The second-order valence-corrected chi connectivity index (χ2v) is 7.50. The summed E-state index contributed by atoms with van der Waals surface area (Å²) >= 11 is 1.43. The number of aryl methyl sites for hydroxylation is 1. The molecule has 132 valence electrons. The molecule has 0 aliphatic rings. The lowest BCUT2D eigenvalue weighted by Gasteiger charge is -2.14. The summed E-state index contributed by atoms with van der Waals surface area (Å²) in [5.41, 5.74) is 16.5. The highest BCUT2D eigenvalue weighted by Gasteiger charge is 2.17. The number of H-pyrrole nitrogens is 1. The Morgan fingerprint density at radius 3 is 2.65 bits per heavy atom. The van der Waals surface area contributed by atoms with Crippen molar-refractivity contribution in [3.63, 3.8) is 0 Å². The van der Waals surface area contributed by atoms with E-state index in [0.717, 1.165) is 33.1 Å². The fraction of sp³-hybridized carbons (Fsp3) is 0.200. The summed E-state index contributed by atoms with van der Waals surface area (Å²) in [6, 6.07) is 10.2. The van der Waals surface area contributed by atoms with Crippen LogP contribution in [0.1, 0.15) is 24.1 Å². The van der Waals surface area contributed by atoms with Crippen LogP contribution in [0.4, 0.5) is 5.82 Å². The van der Waals surface area contributed by atoms with Crippen LogP contribution >= 0.6 is 11.3 Å². The standard InChI is InChI=1S/C20H20N4OS/c1-10(9-21)12-3-5-13(6-4-12)15-16-14-7-8-26-18(14)20(25)24-17(16)11(2)23-19(15)22/h3-8,10H,9,21H2,1-2H3,(H2,22,23)(H,24,25)/t10-/m0/s1. The predicted octanol–water partition coefficient (Wildman–Crippen LogP) is 3.76. The van der Waals surface area contributed by atoms with Crippen LogP contribution < -0.4 is 17.0 Å². The SMILES string of the molecule is Cc1nc(N)c(-c2ccc([C@@H](C)CN)cc2)c2c1[nH]c(=O)c1sccc12. The molecule has 0 amide bonds. The van der Waals surface area contributed by atoms with Crippen molar-refractivity contribution < 1.29 is 0 Å². The van der Waals surface area contributed by atoms with E-state index < -0.39 is 0 Å². The van der Waals surface area contributed by atoms with E-state index in [-0.39, 0.29) is 5.56 Å². The highest BCUT2D eigenvalue weighted by molar-refractivity contribution is 7.17. The fourth-order valence-electron chi connectivity index (χ4n) is 3.41. The normalized spacial score (nSPS) is 12.7. The minimum atomic E-state index is -0.0877. The average molecular weight is 364 g/mol. The van der Waals surface area contributed by atoms with Crippen molar-refractivity contribution >= 4 is 38.1 Å². The van der Waals surface area contributed by atoms with Gasteiger partial charge in [-0.1, -0.05) is 31.2 Å². The van der Waals surface area contributed by atoms with Gasteiger partial charge in [0.05, 0.1) is 11.2 Å². The molecule has 5 nitrogen and oxygen atoms in total.